The number of nitrogens with one attached hydrogen (secondary N) is 2. The lowest BCUT2D eigenvalue weighted by atomic mass is 10.1. The van der Waals surface area contributed by atoms with Crippen molar-refractivity contribution in [3.05, 3.63) is 71.3 Å². The van der Waals surface area contributed by atoms with Gasteiger partial charge in [-0.05, 0) is 17.7 Å². The number of methoxy groups -OCH3 is 1. The maximum absolute atomic E-state index is 13.1. The van der Waals surface area contributed by atoms with Crippen LogP contribution in [0.15, 0.2) is 65.7 Å². The van der Waals surface area contributed by atoms with Gasteiger partial charge in [0.25, 0.3) is 5.91 Å². The first-order chi connectivity index (χ1) is 14.6. The fourth-order valence-electron chi connectivity index (χ4n) is 3.31. The molecule has 4 amide bonds. The maximum Gasteiger partial charge on any atom is 0.331 e. The van der Waals surface area contributed by atoms with Crippen LogP contribution in [0.25, 0.3) is 0 Å². The molecule has 1 unspecified atom stereocenters. The van der Waals surface area contributed by atoms with Crippen LogP contribution in [-0.4, -0.2) is 47.3 Å². The van der Waals surface area contributed by atoms with E-state index in [2.05, 4.69) is 10.0 Å². The van der Waals surface area contributed by atoms with Gasteiger partial charge in [-0.25, -0.2) is 9.52 Å². The number of fused-ring (bicyclic) bond motifs is 1. The molecule has 0 spiro atoms. The summed E-state index contributed by atoms with van der Waals surface area (Å²) >= 11 is 1.23. The van der Waals surface area contributed by atoms with Gasteiger partial charge in [0.05, 0.1) is 19.4 Å². The van der Waals surface area contributed by atoms with Crippen LogP contribution in [0.5, 0.6) is 5.75 Å². The summed E-state index contributed by atoms with van der Waals surface area (Å²) in [4.78, 5) is 41.2. The van der Waals surface area contributed by atoms with Crippen molar-refractivity contribution < 1.29 is 19.1 Å². The number of nitrogens with zero attached hydrogens (tertiary/aromatic N) is 2. The van der Waals surface area contributed by atoms with Crippen LogP contribution in [0.3, 0.4) is 0 Å². The SMILES string of the molecule is COc1cccc(NC(=O)CN2C(=O)N(Cc3ccccc3)C(=O)C3NSC=C32)c1. The molecule has 2 heterocycles. The predicted molar refractivity (Wildman–Crippen MR) is 113 cm³/mol. The second-order valence-electron chi connectivity index (χ2n) is 6.77. The minimum atomic E-state index is -0.666. The van der Waals surface area contributed by atoms with Crippen molar-refractivity contribution in [1.82, 2.24) is 14.5 Å². The lowest BCUT2D eigenvalue weighted by Gasteiger charge is -2.37. The molecule has 8 nitrogen and oxygen atoms in total. The van der Waals surface area contributed by atoms with Crippen molar-refractivity contribution in [1.29, 1.82) is 0 Å². The molecule has 2 aliphatic heterocycles. The highest BCUT2D eigenvalue weighted by Gasteiger charge is 2.45. The predicted octanol–water partition coefficient (Wildman–Crippen LogP) is 2.56. The van der Waals surface area contributed by atoms with E-state index in [1.807, 2.05) is 30.3 Å². The van der Waals surface area contributed by atoms with Crippen molar-refractivity contribution in [2.24, 2.45) is 0 Å². The molecule has 2 aromatic rings. The van der Waals surface area contributed by atoms with Gasteiger partial charge in [0.1, 0.15) is 18.3 Å². The minimum absolute atomic E-state index is 0.142. The highest BCUT2D eigenvalue weighted by atomic mass is 32.2. The first-order valence-corrected chi connectivity index (χ1v) is 10.2. The molecule has 0 aromatic heterocycles. The summed E-state index contributed by atoms with van der Waals surface area (Å²) in [7, 11) is 1.54. The van der Waals surface area contributed by atoms with Crippen molar-refractivity contribution in [3.8, 4) is 5.75 Å². The summed E-state index contributed by atoms with van der Waals surface area (Å²) in [6, 6.07) is 15.0. The molecule has 0 bridgehead atoms. The Bertz CT molecular complexity index is 1010. The highest BCUT2D eigenvalue weighted by molar-refractivity contribution is 8.00. The number of amides is 4. The van der Waals surface area contributed by atoms with Crippen LogP contribution >= 0.6 is 11.9 Å². The van der Waals surface area contributed by atoms with Crippen LogP contribution in [0.2, 0.25) is 0 Å². The van der Waals surface area contributed by atoms with Crippen molar-refractivity contribution in [2.75, 3.05) is 19.0 Å². The normalized spacial score (nSPS) is 18.2. The summed E-state index contributed by atoms with van der Waals surface area (Å²) in [6.07, 6.45) is 0. The van der Waals surface area contributed by atoms with Gasteiger partial charge in [-0.3, -0.25) is 19.4 Å². The van der Waals surface area contributed by atoms with E-state index in [4.69, 9.17) is 4.74 Å². The van der Waals surface area contributed by atoms with E-state index in [9.17, 15) is 14.4 Å². The molecule has 4 rings (SSSR count). The number of benzene rings is 2. The Morgan fingerprint density at radius 1 is 1.13 bits per heavy atom. The van der Waals surface area contributed by atoms with E-state index < -0.39 is 12.1 Å². The Kier molecular flexibility index (Phi) is 5.73. The molecule has 2 N–H and O–H groups in total. The third-order valence-corrected chi connectivity index (χ3v) is 5.52. The molecule has 1 saturated heterocycles. The standard InChI is InChI=1S/C21H20N4O4S/c1-29-16-9-5-8-15(10-16)22-18(26)12-24-17-13-30-23-19(17)20(27)25(21(24)28)11-14-6-3-2-4-7-14/h2-10,13,19,23H,11-12H2,1H3,(H,22,26). The second-order valence-corrected chi connectivity index (χ2v) is 7.48. The monoisotopic (exact) mass is 424 g/mol. The number of urea groups is 1. The highest BCUT2D eigenvalue weighted by Crippen LogP contribution is 2.30. The topological polar surface area (TPSA) is 91.0 Å². The zero-order valence-corrected chi connectivity index (χ0v) is 17.0. The van der Waals surface area contributed by atoms with Gasteiger partial charge in [0.2, 0.25) is 5.91 Å². The maximum atomic E-state index is 13.1. The molecule has 2 aromatic carbocycles. The van der Waals surface area contributed by atoms with E-state index in [0.29, 0.717) is 17.1 Å². The number of rotatable bonds is 6. The van der Waals surface area contributed by atoms with Crippen LogP contribution in [0.4, 0.5) is 10.5 Å². The molecule has 1 fully saturated rings. The number of ether oxygens (including phenoxy) is 1. The Hall–Kier alpha value is -3.30. The number of carbonyl (C=O) groups excluding carboxylic acids is 3. The zero-order chi connectivity index (χ0) is 21.1. The average molecular weight is 424 g/mol. The number of carbonyl (C=O) groups is 3. The van der Waals surface area contributed by atoms with Crippen LogP contribution in [0.1, 0.15) is 5.56 Å². The third kappa shape index (κ3) is 4.03. The van der Waals surface area contributed by atoms with Gasteiger partial charge in [-0.2, -0.15) is 0 Å². The molecule has 9 heteroatoms. The molecule has 1 atom stereocenters. The number of hydrogen-bond acceptors (Lipinski definition) is 6. The van der Waals surface area contributed by atoms with Crippen molar-refractivity contribution in [3.63, 3.8) is 0 Å². The molecule has 0 radical (unpaired) electrons. The van der Waals surface area contributed by atoms with Gasteiger partial charge in [-0.15, -0.1) is 0 Å². The molecule has 0 saturated carbocycles. The van der Waals surface area contributed by atoms with Crippen LogP contribution in [0, 0.1) is 0 Å². The quantitative estimate of drug-likeness (QED) is 0.693. The van der Waals surface area contributed by atoms with Crippen LogP contribution in [-0.2, 0) is 16.1 Å². The molecule has 154 valence electrons. The van der Waals surface area contributed by atoms with Gasteiger partial charge >= 0.3 is 6.03 Å². The van der Waals surface area contributed by atoms with Crippen molar-refractivity contribution >= 4 is 35.5 Å². The van der Waals surface area contributed by atoms with E-state index in [1.165, 1.54) is 21.7 Å². The molecular formula is C21H20N4O4S. The van der Waals surface area contributed by atoms with Gasteiger partial charge in [0, 0.05) is 17.2 Å². The molecular weight excluding hydrogens is 404 g/mol. The Morgan fingerprint density at radius 3 is 2.70 bits per heavy atom. The number of anilines is 1. The fourth-order valence-corrected chi connectivity index (χ4v) is 4.12. The zero-order valence-electron chi connectivity index (χ0n) is 16.2. The van der Waals surface area contributed by atoms with Gasteiger partial charge in [0.15, 0.2) is 0 Å². The van der Waals surface area contributed by atoms with E-state index in [1.54, 1.807) is 36.8 Å². The van der Waals surface area contributed by atoms with Crippen LogP contribution < -0.4 is 14.8 Å². The first-order valence-electron chi connectivity index (χ1n) is 9.29. The van der Waals surface area contributed by atoms with Gasteiger partial charge < -0.3 is 10.1 Å². The third-order valence-electron chi connectivity index (χ3n) is 4.79. The molecule has 0 aliphatic carbocycles. The minimum Gasteiger partial charge on any atom is -0.497 e. The first kappa shape index (κ1) is 20.0. The lowest BCUT2D eigenvalue weighted by Crippen LogP contribution is -2.59. The fraction of sp³-hybridized carbons (Fsp3) is 0.190. The summed E-state index contributed by atoms with van der Waals surface area (Å²) in [6.45, 7) is -0.0676. The smallest absolute Gasteiger partial charge is 0.331 e. The average Bonchev–Trinajstić information content (AvgIpc) is 3.25. The van der Waals surface area contributed by atoms with Gasteiger partial charge in [-0.1, -0.05) is 48.3 Å². The second kappa shape index (κ2) is 8.60. The lowest BCUT2D eigenvalue weighted by molar-refractivity contribution is -0.132. The number of imide groups is 1. The van der Waals surface area contributed by atoms with E-state index in [0.717, 1.165) is 5.56 Å². The summed E-state index contributed by atoms with van der Waals surface area (Å²) in [5.41, 5.74) is 1.88. The summed E-state index contributed by atoms with van der Waals surface area (Å²) in [5.74, 6) is -0.0904. The Balaban J connectivity index is 1.52. The largest absolute Gasteiger partial charge is 0.497 e. The van der Waals surface area contributed by atoms with Crippen molar-refractivity contribution in [2.45, 2.75) is 12.6 Å². The number of hydrogen-bond donors (Lipinski definition) is 2. The van der Waals surface area contributed by atoms with E-state index in [-0.39, 0.29) is 24.9 Å². The molecule has 30 heavy (non-hydrogen) atoms. The Labute approximate surface area is 178 Å². The van der Waals surface area contributed by atoms with E-state index >= 15 is 0 Å². The molecule has 2 aliphatic rings. The summed E-state index contributed by atoms with van der Waals surface area (Å²) in [5, 5.41) is 4.46. The summed E-state index contributed by atoms with van der Waals surface area (Å²) < 4.78 is 8.17. The Morgan fingerprint density at radius 2 is 1.93 bits per heavy atom.